The fraction of sp³-hybridized carbons (Fsp3) is 0.684. The van der Waals surface area contributed by atoms with Crippen LogP contribution in [0.25, 0.3) is 0 Å². The van der Waals surface area contributed by atoms with Crippen LogP contribution in [-0.4, -0.2) is 48.6 Å². The molecule has 1 aromatic heterocycles. The lowest BCUT2D eigenvalue weighted by Gasteiger charge is -2.25. The lowest BCUT2D eigenvalue weighted by molar-refractivity contribution is -0.126. The van der Waals surface area contributed by atoms with Gasteiger partial charge in [-0.15, -0.1) is 0 Å². The summed E-state index contributed by atoms with van der Waals surface area (Å²) in [5, 5.41) is 2.98. The van der Waals surface area contributed by atoms with E-state index in [1.54, 1.807) is 6.20 Å². The number of rotatable bonds is 6. The standard InChI is InChI=1S/C19H30N4O2/c1-23-9-2-3-18(23)15-11-17(13-21-12-15)25-10-8-22-19(24)14-4-6-16(20)7-5-14/h11-14,16,18H,2-10,20H2,1H3,(H,22,24)/t14?,16?,18-/m0/s1. The van der Waals surface area contributed by atoms with Crippen molar-refractivity contribution in [2.24, 2.45) is 11.7 Å². The molecule has 0 bridgehead atoms. The Balaban J connectivity index is 1.41. The molecule has 1 aliphatic carbocycles. The number of hydrogen-bond donors (Lipinski definition) is 2. The molecule has 25 heavy (non-hydrogen) atoms. The van der Waals surface area contributed by atoms with E-state index in [1.807, 2.05) is 6.20 Å². The highest BCUT2D eigenvalue weighted by atomic mass is 16.5. The fourth-order valence-corrected chi connectivity index (χ4v) is 3.90. The zero-order valence-corrected chi connectivity index (χ0v) is 15.1. The maximum atomic E-state index is 12.2. The van der Waals surface area contributed by atoms with Crippen LogP contribution in [0.2, 0.25) is 0 Å². The van der Waals surface area contributed by atoms with Gasteiger partial charge in [-0.25, -0.2) is 0 Å². The summed E-state index contributed by atoms with van der Waals surface area (Å²) < 4.78 is 5.78. The Morgan fingerprint density at radius 3 is 2.84 bits per heavy atom. The van der Waals surface area contributed by atoms with Crippen molar-refractivity contribution < 1.29 is 9.53 Å². The minimum absolute atomic E-state index is 0.114. The molecule has 3 N–H and O–H groups in total. The van der Waals surface area contributed by atoms with Crippen molar-refractivity contribution in [2.75, 3.05) is 26.7 Å². The summed E-state index contributed by atoms with van der Waals surface area (Å²) in [4.78, 5) is 18.8. The van der Waals surface area contributed by atoms with Gasteiger partial charge in [-0.1, -0.05) is 0 Å². The Hall–Kier alpha value is -1.66. The molecule has 6 nitrogen and oxygen atoms in total. The van der Waals surface area contributed by atoms with E-state index in [4.69, 9.17) is 10.5 Å². The Morgan fingerprint density at radius 1 is 1.32 bits per heavy atom. The van der Waals surface area contributed by atoms with Gasteiger partial charge in [-0.05, 0) is 63.7 Å². The van der Waals surface area contributed by atoms with Gasteiger partial charge in [0.1, 0.15) is 12.4 Å². The first-order chi connectivity index (χ1) is 12.1. The van der Waals surface area contributed by atoms with Crippen molar-refractivity contribution in [2.45, 2.75) is 50.6 Å². The van der Waals surface area contributed by atoms with Crippen molar-refractivity contribution in [1.29, 1.82) is 0 Å². The number of carbonyl (C=O) groups excluding carboxylic acids is 1. The predicted octanol–water partition coefficient (Wildman–Crippen LogP) is 1.86. The van der Waals surface area contributed by atoms with E-state index < -0.39 is 0 Å². The zero-order chi connectivity index (χ0) is 17.6. The van der Waals surface area contributed by atoms with Crippen LogP contribution in [-0.2, 0) is 4.79 Å². The van der Waals surface area contributed by atoms with E-state index in [2.05, 4.69) is 28.3 Å². The maximum Gasteiger partial charge on any atom is 0.223 e. The Bertz CT molecular complexity index is 572. The normalized spacial score (nSPS) is 27.2. The second-order valence-corrected chi connectivity index (χ2v) is 7.34. The highest BCUT2D eigenvalue weighted by molar-refractivity contribution is 5.78. The molecule has 1 saturated heterocycles. The number of ether oxygens (including phenoxy) is 1. The Kier molecular flexibility index (Phi) is 6.26. The number of amides is 1. The fourth-order valence-electron chi connectivity index (χ4n) is 3.90. The molecule has 1 atom stereocenters. The van der Waals surface area contributed by atoms with Crippen LogP contribution in [0.5, 0.6) is 5.75 Å². The van der Waals surface area contributed by atoms with Crippen molar-refractivity contribution in [3.63, 3.8) is 0 Å². The molecule has 2 aliphatic rings. The second-order valence-electron chi connectivity index (χ2n) is 7.34. The van der Waals surface area contributed by atoms with Gasteiger partial charge in [-0.3, -0.25) is 14.7 Å². The third-order valence-corrected chi connectivity index (χ3v) is 5.45. The summed E-state index contributed by atoms with van der Waals surface area (Å²) in [6, 6.07) is 2.78. The maximum absolute atomic E-state index is 12.2. The molecule has 3 rings (SSSR count). The minimum Gasteiger partial charge on any atom is -0.490 e. The number of hydrogen-bond acceptors (Lipinski definition) is 5. The van der Waals surface area contributed by atoms with Crippen molar-refractivity contribution in [1.82, 2.24) is 15.2 Å². The molecule has 138 valence electrons. The number of nitrogens with one attached hydrogen (secondary N) is 1. The van der Waals surface area contributed by atoms with Crippen LogP contribution in [0.15, 0.2) is 18.5 Å². The predicted molar refractivity (Wildman–Crippen MR) is 97.3 cm³/mol. The number of carbonyl (C=O) groups is 1. The number of likely N-dealkylation sites (tertiary alicyclic amines) is 1. The molecule has 1 amide bonds. The summed E-state index contributed by atoms with van der Waals surface area (Å²) in [6.45, 7) is 2.12. The molecule has 6 heteroatoms. The quantitative estimate of drug-likeness (QED) is 0.769. The molecule has 1 aliphatic heterocycles. The molecule has 0 aromatic carbocycles. The van der Waals surface area contributed by atoms with Crippen LogP contribution >= 0.6 is 0 Å². The second kappa shape index (κ2) is 8.63. The van der Waals surface area contributed by atoms with Gasteiger partial charge in [0, 0.05) is 24.2 Å². The van der Waals surface area contributed by atoms with Gasteiger partial charge in [0.25, 0.3) is 0 Å². The lowest BCUT2D eigenvalue weighted by atomic mass is 9.86. The highest BCUT2D eigenvalue weighted by Crippen LogP contribution is 2.31. The molecule has 1 aromatic rings. The first-order valence-electron chi connectivity index (χ1n) is 9.45. The average Bonchev–Trinajstić information content (AvgIpc) is 3.05. The highest BCUT2D eigenvalue weighted by Gasteiger charge is 2.24. The molecule has 0 unspecified atom stereocenters. The summed E-state index contributed by atoms with van der Waals surface area (Å²) in [5.74, 6) is 1.02. The smallest absolute Gasteiger partial charge is 0.223 e. The van der Waals surface area contributed by atoms with E-state index in [0.717, 1.165) is 38.0 Å². The van der Waals surface area contributed by atoms with Gasteiger partial charge in [0.2, 0.25) is 5.91 Å². The Labute approximate surface area is 150 Å². The third kappa shape index (κ3) is 4.92. The van der Waals surface area contributed by atoms with Crippen LogP contribution in [0, 0.1) is 5.92 Å². The Morgan fingerprint density at radius 2 is 2.12 bits per heavy atom. The molecular formula is C19H30N4O2. The summed E-state index contributed by atoms with van der Waals surface area (Å²) in [6.07, 6.45) is 9.75. The summed E-state index contributed by atoms with van der Waals surface area (Å²) in [7, 11) is 2.15. The summed E-state index contributed by atoms with van der Waals surface area (Å²) in [5.41, 5.74) is 7.10. The largest absolute Gasteiger partial charge is 0.490 e. The van der Waals surface area contributed by atoms with Crippen LogP contribution in [0.1, 0.15) is 50.1 Å². The first-order valence-corrected chi connectivity index (χ1v) is 9.45. The summed E-state index contributed by atoms with van der Waals surface area (Å²) >= 11 is 0. The van der Waals surface area contributed by atoms with E-state index in [1.165, 1.54) is 18.4 Å². The van der Waals surface area contributed by atoms with Crippen molar-refractivity contribution in [3.8, 4) is 5.75 Å². The van der Waals surface area contributed by atoms with E-state index >= 15 is 0 Å². The van der Waals surface area contributed by atoms with Gasteiger partial charge < -0.3 is 15.8 Å². The number of nitrogens with two attached hydrogens (primary N) is 1. The van der Waals surface area contributed by atoms with Gasteiger partial charge in [0.05, 0.1) is 12.7 Å². The molecular weight excluding hydrogens is 316 g/mol. The van der Waals surface area contributed by atoms with Gasteiger partial charge >= 0.3 is 0 Å². The van der Waals surface area contributed by atoms with Crippen LogP contribution in [0.4, 0.5) is 0 Å². The molecule has 0 spiro atoms. The zero-order valence-electron chi connectivity index (χ0n) is 15.1. The lowest BCUT2D eigenvalue weighted by Crippen LogP contribution is -2.37. The molecule has 2 heterocycles. The van der Waals surface area contributed by atoms with Crippen molar-refractivity contribution in [3.05, 3.63) is 24.0 Å². The number of nitrogens with zero attached hydrogens (tertiary/aromatic N) is 2. The molecule has 0 radical (unpaired) electrons. The number of aromatic nitrogens is 1. The third-order valence-electron chi connectivity index (χ3n) is 5.45. The minimum atomic E-state index is 0.114. The van der Waals surface area contributed by atoms with Gasteiger partial charge in [0.15, 0.2) is 0 Å². The van der Waals surface area contributed by atoms with Crippen molar-refractivity contribution >= 4 is 5.91 Å². The average molecular weight is 346 g/mol. The monoisotopic (exact) mass is 346 g/mol. The SMILES string of the molecule is CN1CCC[C@H]1c1cncc(OCCNC(=O)C2CCC(N)CC2)c1. The molecule has 1 saturated carbocycles. The van der Waals surface area contributed by atoms with Crippen LogP contribution < -0.4 is 15.8 Å². The van der Waals surface area contributed by atoms with E-state index in [9.17, 15) is 4.79 Å². The molecule has 2 fully saturated rings. The van der Waals surface area contributed by atoms with E-state index in [0.29, 0.717) is 19.2 Å². The van der Waals surface area contributed by atoms with E-state index in [-0.39, 0.29) is 17.9 Å². The number of pyridine rings is 1. The van der Waals surface area contributed by atoms with Crippen LogP contribution in [0.3, 0.4) is 0 Å². The topological polar surface area (TPSA) is 80.5 Å². The first kappa shape index (κ1) is 18.1. The van der Waals surface area contributed by atoms with Gasteiger partial charge in [-0.2, -0.15) is 0 Å².